The highest BCUT2D eigenvalue weighted by atomic mass is 16.4. The van der Waals surface area contributed by atoms with E-state index in [1.54, 1.807) is 17.9 Å². The van der Waals surface area contributed by atoms with E-state index in [1.165, 1.54) is 6.92 Å². The highest BCUT2D eigenvalue weighted by Gasteiger charge is 2.16. The minimum Gasteiger partial charge on any atom is -0.478 e. The number of carbonyl (C=O) groups is 2. The highest BCUT2D eigenvalue weighted by Crippen LogP contribution is 1.95. The number of amides is 1. The van der Waals surface area contributed by atoms with Crippen LogP contribution in [0.3, 0.4) is 0 Å². The van der Waals surface area contributed by atoms with E-state index in [9.17, 15) is 9.59 Å². The van der Waals surface area contributed by atoms with Crippen molar-refractivity contribution in [1.82, 2.24) is 10.2 Å². The van der Waals surface area contributed by atoms with Crippen LogP contribution in [0.5, 0.6) is 0 Å². The van der Waals surface area contributed by atoms with Crippen molar-refractivity contribution in [3.8, 4) is 0 Å². The summed E-state index contributed by atoms with van der Waals surface area (Å²) in [6.07, 6.45) is 1.56. The summed E-state index contributed by atoms with van der Waals surface area (Å²) in [6.45, 7) is 8.93. The molecule has 0 aromatic heterocycles. The minimum absolute atomic E-state index is 0.0383. The quantitative estimate of drug-likeness (QED) is 0.650. The van der Waals surface area contributed by atoms with Crippen LogP contribution in [0.2, 0.25) is 0 Å². The minimum atomic E-state index is -0.936. The van der Waals surface area contributed by atoms with Gasteiger partial charge in [-0.25, -0.2) is 4.79 Å². The first-order valence-corrected chi connectivity index (χ1v) is 5.86. The van der Waals surface area contributed by atoms with Crippen LogP contribution in [0, 0.1) is 0 Å². The van der Waals surface area contributed by atoms with Crippen molar-refractivity contribution in [2.45, 2.75) is 33.7 Å². The molecule has 1 unspecified atom stereocenters. The standard InChI is InChI=1S/C12H22N2O3/c1-5-14(6-2)11(15)10(4)13-8-7-9(3)12(16)17/h7,10,13H,5-6,8H2,1-4H3,(H,16,17)/b9-7-. The molecule has 0 radical (unpaired) electrons. The van der Waals surface area contributed by atoms with Gasteiger partial charge in [-0.2, -0.15) is 0 Å². The summed E-state index contributed by atoms with van der Waals surface area (Å²) >= 11 is 0. The third-order valence-electron chi connectivity index (χ3n) is 2.62. The molecule has 0 bridgehead atoms. The highest BCUT2D eigenvalue weighted by molar-refractivity contribution is 5.85. The summed E-state index contributed by atoms with van der Waals surface area (Å²) in [5.41, 5.74) is 0.278. The first kappa shape index (κ1) is 15.6. The van der Waals surface area contributed by atoms with E-state index in [1.807, 2.05) is 13.8 Å². The molecule has 5 nitrogen and oxygen atoms in total. The van der Waals surface area contributed by atoms with Crippen LogP contribution in [0.4, 0.5) is 0 Å². The molecule has 98 valence electrons. The maximum atomic E-state index is 11.8. The molecule has 0 heterocycles. The van der Waals surface area contributed by atoms with Gasteiger partial charge in [-0.05, 0) is 27.7 Å². The number of rotatable bonds is 7. The fourth-order valence-corrected chi connectivity index (χ4v) is 1.37. The van der Waals surface area contributed by atoms with E-state index in [4.69, 9.17) is 5.11 Å². The van der Waals surface area contributed by atoms with Crippen LogP contribution in [0.25, 0.3) is 0 Å². The molecule has 5 heteroatoms. The monoisotopic (exact) mass is 242 g/mol. The zero-order chi connectivity index (χ0) is 13.4. The summed E-state index contributed by atoms with van der Waals surface area (Å²) in [6, 6.07) is -0.298. The summed E-state index contributed by atoms with van der Waals surface area (Å²) in [5.74, 6) is -0.897. The molecule has 0 fully saturated rings. The second kappa shape index (κ2) is 7.84. The third kappa shape index (κ3) is 5.49. The molecule has 1 atom stereocenters. The lowest BCUT2D eigenvalue weighted by atomic mass is 10.2. The van der Waals surface area contributed by atoms with Gasteiger partial charge in [-0.1, -0.05) is 6.08 Å². The van der Waals surface area contributed by atoms with E-state index in [0.717, 1.165) is 0 Å². The largest absolute Gasteiger partial charge is 0.478 e. The van der Waals surface area contributed by atoms with Crippen LogP contribution in [-0.2, 0) is 9.59 Å². The first-order chi connectivity index (χ1) is 7.93. The van der Waals surface area contributed by atoms with Crippen molar-refractivity contribution in [3.63, 3.8) is 0 Å². The molecule has 0 aromatic carbocycles. The van der Waals surface area contributed by atoms with Gasteiger partial charge in [-0.15, -0.1) is 0 Å². The molecule has 1 amide bonds. The number of hydrogen-bond donors (Lipinski definition) is 2. The molecular weight excluding hydrogens is 220 g/mol. The SMILES string of the molecule is CCN(CC)C(=O)C(C)NC/C=C(/C)C(=O)O. The zero-order valence-electron chi connectivity index (χ0n) is 11.0. The molecule has 0 aliphatic carbocycles. The Morgan fingerprint density at radius 2 is 1.88 bits per heavy atom. The average Bonchev–Trinajstić information content (AvgIpc) is 2.29. The zero-order valence-corrected chi connectivity index (χ0v) is 11.0. The van der Waals surface area contributed by atoms with Crippen molar-refractivity contribution < 1.29 is 14.7 Å². The Balaban J connectivity index is 4.18. The predicted molar refractivity (Wildman–Crippen MR) is 66.8 cm³/mol. The fraction of sp³-hybridized carbons (Fsp3) is 0.667. The maximum Gasteiger partial charge on any atom is 0.330 e. The number of hydrogen-bond acceptors (Lipinski definition) is 3. The Morgan fingerprint density at radius 1 is 1.35 bits per heavy atom. The predicted octanol–water partition coefficient (Wildman–Crippen LogP) is 0.864. The maximum absolute atomic E-state index is 11.8. The first-order valence-electron chi connectivity index (χ1n) is 5.86. The van der Waals surface area contributed by atoms with Crippen molar-refractivity contribution in [1.29, 1.82) is 0 Å². The van der Waals surface area contributed by atoms with Crippen molar-refractivity contribution in [3.05, 3.63) is 11.6 Å². The Morgan fingerprint density at radius 3 is 2.29 bits per heavy atom. The summed E-state index contributed by atoms with van der Waals surface area (Å²) < 4.78 is 0. The molecule has 0 saturated carbocycles. The van der Waals surface area contributed by atoms with Gasteiger partial charge in [0.15, 0.2) is 0 Å². The van der Waals surface area contributed by atoms with Gasteiger partial charge in [0, 0.05) is 25.2 Å². The van der Waals surface area contributed by atoms with Crippen LogP contribution in [0.1, 0.15) is 27.7 Å². The molecule has 0 aromatic rings. The second-order valence-corrected chi connectivity index (χ2v) is 3.83. The van der Waals surface area contributed by atoms with E-state index < -0.39 is 5.97 Å². The van der Waals surface area contributed by atoms with Crippen LogP contribution in [-0.4, -0.2) is 47.6 Å². The van der Waals surface area contributed by atoms with Crippen molar-refractivity contribution in [2.24, 2.45) is 0 Å². The van der Waals surface area contributed by atoms with Crippen LogP contribution < -0.4 is 5.32 Å². The van der Waals surface area contributed by atoms with Gasteiger partial charge in [0.25, 0.3) is 0 Å². The molecule has 17 heavy (non-hydrogen) atoms. The van der Waals surface area contributed by atoms with E-state index >= 15 is 0 Å². The lowest BCUT2D eigenvalue weighted by molar-refractivity contribution is -0.133. The molecule has 2 N–H and O–H groups in total. The van der Waals surface area contributed by atoms with Gasteiger partial charge >= 0.3 is 5.97 Å². The van der Waals surface area contributed by atoms with Gasteiger partial charge in [0.1, 0.15) is 0 Å². The molecule has 0 saturated heterocycles. The number of likely N-dealkylation sites (N-methyl/N-ethyl adjacent to an activating group) is 1. The van der Waals surface area contributed by atoms with E-state index in [2.05, 4.69) is 5.32 Å². The Kier molecular flexibility index (Phi) is 7.21. The smallest absolute Gasteiger partial charge is 0.330 e. The van der Waals surface area contributed by atoms with Crippen molar-refractivity contribution >= 4 is 11.9 Å². The van der Waals surface area contributed by atoms with Gasteiger partial charge in [-0.3, -0.25) is 4.79 Å². The number of carboxylic acid groups (broad SMARTS) is 1. The van der Waals surface area contributed by atoms with Crippen molar-refractivity contribution in [2.75, 3.05) is 19.6 Å². The van der Waals surface area contributed by atoms with Gasteiger partial charge in [0.05, 0.1) is 6.04 Å². The summed E-state index contributed by atoms with van der Waals surface area (Å²) in [7, 11) is 0. The molecule has 0 rings (SSSR count). The Labute approximate surface area is 102 Å². The Hall–Kier alpha value is -1.36. The van der Waals surface area contributed by atoms with Crippen LogP contribution in [0.15, 0.2) is 11.6 Å². The molecule has 0 spiro atoms. The van der Waals surface area contributed by atoms with Gasteiger partial charge in [0.2, 0.25) is 5.91 Å². The molecule has 0 aliphatic rings. The number of aliphatic carboxylic acids is 1. The van der Waals surface area contributed by atoms with E-state index in [-0.39, 0.29) is 17.5 Å². The van der Waals surface area contributed by atoms with Gasteiger partial charge < -0.3 is 15.3 Å². The number of nitrogens with one attached hydrogen (secondary N) is 1. The summed E-state index contributed by atoms with van der Waals surface area (Å²) in [5, 5.41) is 11.6. The number of nitrogens with zero attached hydrogens (tertiary/aromatic N) is 1. The lowest BCUT2D eigenvalue weighted by Gasteiger charge is -2.23. The Bertz CT molecular complexity index is 296. The van der Waals surface area contributed by atoms with Crippen LogP contribution >= 0.6 is 0 Å². The third-order valence-corrected chi connectivity index (χ3v) is 2.62. The number of carbonyl (C=O) groups excluding carboxylic acids is 1. The van der Waals surface area contributed by atoms with E-state index in [0.29, 0.717) is 19.6 Å². The lowest BCUT2D eigenvalue weighted by Crippen LogP contribution is -2.44. The fourth-order valence-electron chi connectivity index (χ4n) is 1.37. The topological polar surface area (TPSA) is 69.6 Å². The molecule has 0 aliphatic heterocycles. The summed E-state index contributed by atoms with van der Waals surface area (Å²) in [4.78, 5) is 24.1. The average molecular weight is 242 g/mol. The number of carboxylic acids is 1. The second-order valence-electron chi connectivity index (χ2n) is 3.83. The normalized spacial score (nSPS) is 13.3. The molecular formula is C12H22N2O3.